The third-order valence-corrected chi connectivity index (χ3v) is 11.3. The normalized spacial score (nSPS) is 15.5. The number of rotatable bonds is 7. The van der Waals surface area contributed by atoms with E-state index in [2.05, 4.69) is 22.1 Å². The number of fused-ring (bicyclic) bond motifs is 3. The standard InChI is InChI=1S/C39H30NO.C21H12F5N2.Ir/c1-24-19-34(30-16-9-15-29(21-30)28-13-6-5-7-14-28)39-35(20-24)31-17-10-18-32(38(31)41-39)36-22-33(27(4)23-40-36)37-25(2)11-8-12-26(37)3;1-13-12-28-19(10-18(13)20(22,23)21(24,25)26)15-7-8-16(11-27)17(9-15)14-5-3-2-4-6-14;/h5-17,19-23H,1-4H3;2-6,8-10,12H,1H3;/q2*-1;/i1D3,2D3,3D3,4D3;1D3;. The van der Waals surface area contributed by atoms with Gasteiger partial charge in [-0.2, -0.15) is 22.0 Å². The molecule has 349 valence electrons. The van der Waals surface area contributed by atoms with E-state index in [0.29, 0.717) is 50.9 Å². The van der Waals surface area contributed by atoms with Gasteiger partial charge in [0.25, 0.3) is 0 Å². The Morgan fingerprint density at radius 1 is 0.571 bits per heavy atom. The number of nitriles is 1. The number of furan rings is 1. The molecule has 10 rings (SSSR count). The van der Waals surface area contributed by atoms with E-state index in [-0.39, 0.29) is 87.1 Å². The third kappa shape index (κ3) is 9.43. The van der Waals surface area contributed by atoms with Crippen LogP contribution in [0, 0.1) is 57.7 Å². The zero-order valence-electron chi connectivity index (χ0n) is 51.1. The van der Waals surface area contributed by atoms with Crippen LogP contribution in [0.3, 0.4) is 0 Å². The second-order valence-corrected chi connectivity index (χ2v) is 15.7. The predicted octanol–water partition coefficient (Wildman–Crippen LogP) is 16.7. The molecule has 0 fully saturated rings. The van der Waals surface area contributed by atoms with Crippen LogP contribution in [0.5, 0.6) is 0 Å². The van der Waals surface area contributed by atoms with Crippen LogP contribution in [0.1, 0.15) is 59.5 Å². The molecule has 0 N–H and O–H groups in total. The van der Waals surface area contributed by atoms with Gasteiger partial charge in [0.2, 0.25) is 0 Å². The van der Waals surface area contributed by atoms with Crippen molar-refractivity contribution in [3.63, 3.8) is 0 Å². The van der Waals surface area contributed by atoms with E-state index in [9.17, 15) is 27.2 Å². The van der Waals surface area contributed by atoms with Crippen LogP contribution >= 0.6 is 0 Å². The number of alkyl halides is 5. The minimum absolute atomic E-state index is 0. The average Bonchev–Trinajstić information content (AvgIpc) is 2.51. The van der Waals surface area contributed by atoms with E-state index in [1.807, 2.05) is 60.7 Å². The SMILES string of the molecule is [2H]C([2H])([2H])c1cc(-c2cccc(-c3ccccc3)c2)c2oc3c(-c4cc(-c5c(C([2H])([2H])[2H])cccc5C([2H])([2H])[2H])c(C([2H])([2H])[2H])cn4)[c-]ccc3c2c1.[2H]C([2H])([2H])c1cnc(-c2[c-]cc(C#N)c(-c3ccccc3)c2)cc1C(F)(F)C(F)(F)F.[Ir]. The van der Waals surface area contributed by atoms with Crippen LogP contribution in [-0.4, -0.2) is 16.1 Å². The van der Waals surface area contributed by atoms with Gasteiger partial charge in [-0.25, -0.2) is 5.26 Å². The second-order valence-electron chi connectivity index (χ2n) is 15.7. The summed E-state index contributed by atoms with van der Waals surface area (Å²) >= 11 is 0. The van der Waals surface area contributed by atoms with Gasteiger partial charge < -0.3 is 14.4 Å². The van der Waals surface area contributed by atoms with Crippen molar-refractivity contribution in [3.05, 3.63) is 215 Å². The van der Waals surface area contributed by atoms with Gasteiger partial charge in [-0.15, -0.1) is 42.0 Å². The minimum atomic E-state index is -6.00. The van der Waals surface area contributed by atoms with Crippen molar-refractivity contribution >= 4 is 21.9 Å². The molecule has 0 aliphatic rings. The molecule has 0 unspecified atom stereocenters. The Bertz CT molecular complexity index is 4140. The van der Waals surface area contributed by atoms with Gasteiger partial charge in [0.15, 0.2) is 0 Å². The summed E-state index contributed by atoms with van der Waals surface area (Å²) in [7, 11) is 0. The quantitative estimate of drug-likeness (QED) is 0.118. The first-order chi connectivity index (χ1) is 39.2. The van der Waals surface area contributed by atoms with Gasteiger partial charge in [-0.05, 0) is 131 Å². The maximum Gasteiger partial charge on any atom is 0.458 e. The van der Waals surface area contributed by atoms with Crippen molar-refractivity contribution < 1.29 is 67.0 Å². The molecule has 0 saturated heterocycles. The molecule has 10 aromatic rings. The van der Waals surface area contributed by atoms with Gasteiger partial charge in [-0.1, -0.05) is 126 Å². The fourth-order valence-corrected chi connectivity index (χ4v) is 7.99. The number of nitrogens with zero attached hydrogens (tertiary/aromatic N) is 3. The van der Waals surface area contributed by atoms with E-state index in [1.54, 1.807) is 54.6 Å². The maximum atomic E-state index is 14.2. The Kier molecular flexibility index (Phi) is 9.35. The number of hydrogen-bond donors (Lipinski definition) is 0. The number of pyridine rings is 2. The molecule has 0 saturated carbocycles. The van der Waals surface area contributed by atoms with Crippen molar-refractivity contribution in [1.29, 1.82) is 5.26 Å². The first-order valence-corrected chi connectivity index (χ1v) is 20.9. The van der Waals surface area contributed by atoms with Gasteiger partial charge in [0.05, 0.1) is 5.58 Å². The number of hydrogen-bond acceptors (Lipinski definition) is 4. The summed E-state index contributed by atoms with van der Waals surface area (Å²) in [5, 5.41) is 10.4. The van der Waals surface area contributed by atoms with Crippen molar-refractivity contribution in [2.75, 3.05) is 0 Å². The average molecular weight is 1120 g/mol. The van der Waals surface area contributed by atoms with E-state index < -0.39 is 57.5 Å². The van der Waals surface area contributed by atoms with E-state index in [1.165, 1.54) is 36.4 Å². The van der Waals surface area contributed by atoms with Crippen molar-refractivity contribution in [1.82, 2.24) is 9.97 Å². The summed E-state index contributed by atoms with van der Waals surface area (Å²) < 4.78 is 195. The summed E-state index contributed by atoms with van der Waals surface area (Å²) in [4.78, 5) is 8.25. The van der Waals surface area contributed by atoms with Gasteiger partial charge in [0.1, 0.15) is 5.58 Å². The maximum absolute atomic E-state index is 14.2. The third-order valence-electron chi connectivity index (χ3n) is 11.3. The summed E-state index contributed by atoms with van der Waals surface area (Å²) in [6.07, 6.45) is -4.42. The molecule has 4 nitrogen and oxygen atoms in total. The van der Waals surface area contributed by atoms with Crippen molar-refractivity contribution in [3.8, 4) is 73.1 Å². The van der Waals surface area contributed by atoms with Gasteiger partial charge >= 0.3 is 12.1 Å². The monoisotopic (exact) mass is 1120 g/mol. The molecular weight excluding hydrogens is 1070 g/mol. The van der Waals surface area contributed by atoms with E-state index in [0.717, 1.165) is 17.3 Å². The zero-order valence-corrected chi connectivity index (χ0v) is 38.5. The summed E-state index contributed by atoms with van der Waals surface area (Å²) in [6.45, 7) is -14.1. The van der Waals surface area contributed by atoms with Crippen LogP contribution in [-0.2, 0) is 26.0 Å². The van der Waals surface area contributed by atoms with E-state index in [4.69, 9.17) is 25.0 Å². The molecule has 3 aromatic heterocycles. The van der Waals surface area contributed by atoms with Crippen molar-refractivity contribution in [2.45, 2.75) is 46.4 Å². The van der Waals surface area contributed by atoms with Crippen LogP contribution in [0.2, 0.25) is 0 Å². The largest absolute Gasteiger partial charge is 0.500 e. The molecule has 7 aromatic carbocycles. The van der Waals surface area contributed by atoms with Gasteiger partial charge in [-0.3, -0.25) is 0 Å². The zero-order chi connectivity index (χ0) is 61.1. The predicted molar refractivity (Wildman–Crippen MR) is 264 cm³/mol. The van der Waals surface area contributed by atoms with Crippen LogP contribution < -0.4 is 0 Å². The molecule has 10 heteroatoms. The summed E-state index contributed by atoms with van der Waals surface area (Å²) in [5.74, 6) is -5.41. The molecule has 0 bridgehead atoms. The number of halogens is 5. The molecule has 1 radical (unpaired) electrons. The first-order valence-electron chi connectivity index (χ1n) is 28.4. The first kappa shape index (κ1) is 33.0. The van der Waals surface area contributed by atoms with Crippen LogP contribution in [0.15, 0.2) is 168 Å². The molecule has 3 heterocycles. The number of benzene rings is 7. The smallest absolute Gasteiger partial charge is 0.458 e. The molecule has 0 aliphatic carbocycles. The van der Waals surface area contributed by atoms with Gasteiger partial charge in [0, 0.05) is 75.6 Å². The molecule has 0 aliphatic heterocycles. The summed E-state index contributed by atoms with van der Waals surface area (Å²) in [5.41, 5.74) is 0.974. The molecule has 70 heavy (non-hydrogen) atoms. The topological polar surface area (TPSA) is 62.7 Å². The molecular formula is C60H42F5IrN3O-2. The Balaban J connectivity index is 0.000000251. The van der Waals surface area contributed by atoms with Crippen LogP contribution in [0.25, 0.3) is 89.0 Å². The minimum Gasteiger partial charge on any atom is -0.500 e. The Morgan fingerprint density at radius 3 is 1.91 bits per heavy atom. The fraction of sp³-hybridized carbons (Fsp3) is 0.117. The Hall–Kier alpha value is -7.57. The van der Waals surface area contributed by atoms with E-state index >= 15 is 0 Å². The number of aryl methyl sites for hydroxylation is 5. The second kappa shape index (κ2) is 19.8. The van der Waals surface area contributed by atoms with Crippen molar-refractivity contribution in [2.24, 2.45) is 0 Å². The Morgan fingerprint density at radius 2 is 1.23 bits per heavy atom. The Labute approximate surface area is 437 Å². The van der Waals surface area contributed by atoms with Crippen LogP contribution in [0.4, 0.5) is 22.0 Å². The molecule has 0 spiro atoms. The molecule has 0 amide bonds. The fourth-order valence-electron chi connectivity index (χ4n) is 7.99. The summed E-state index contributed by atoms with van der Waals surface area (Å²) in [6, 6.07) is 48.4. The molecule has 0 atom stereocenters. The number of aromatic nitrogens is 2.